The normalized spacial score (nSPS) is 20.7. The van der Waals surface area contributed by atoms with Crippen LogP contribution < -0.4 is 15.8 Å². The highest BCUT2D eigenvalue weighted by Gasteiger charge is 2.48. The molecule has 0 amide bonds. The molecule has 38 heavy (non-hydrogen) atoms. The lowest BCUT2D eigenvalue weighted by Crippen LogP contribution is -2.66. The summed E-state index contributed by atoms with van der Waals surface area (Å²) in [5.41, 5.74) is 4.43. The molecule has 9 heteroatoms. The molecule has 7 rings (SSSR count). The van der Waals surface area contributed by atoms with Crippen molar-refractivity contribution in [1.82, 2.24) is 9.88 Å². The number of aromatic amines is 1. The van der Waals surface area contributed by atoms with Crippen molar-refractivity contribution in [1.29, 1.82) is 0 Å². The van der Waals surface area contributed by atoms with E-state index in [1.807, 2.05) is 0 Å². The number of aromatic nitrogens is 1. The summed E-state index contributed by atoms with van der Waals surface area (Å²) in [6.45, 7) is 10.5. The Morgan fingerprint density at radius 3 is 2.63 bits per heavy atom. The number of morpholine rings is 1. The predicted molar refractivity (Wildman–Crippen MR) is 153 cm³/mol. The quantitative estimate of drug-likeness (QED) is 0.362. The van der Waals surface area contributed by atoms with E-state index >= 15 is 0 Å². The van der Waals surface area contributed by atoms with Gasteiger partial charge in [0, 0.05) is 86.8 Å². The maximum absolute atomic E-state index is 12.6. The fraction of sp³-hybridized carbons (Fsp3) is 0.414. The Bertz CT molecular complexity index is 1410. The van der Waals surface area contributed by atoms with Gasteiger partial charge in [0.25, 0.3) is 0 Å². The van der Waals surface area contributed by atoms with E-state index < -0.39 is 0 Å². The molecule has 3 saturated heterocycles. The van der Waals surface area contributed by atoms with Crippen molar-refractivity contribution in [2.75, 3.05) is 69.4 Å². The number of ether oxygens (including phenoxy) is 2. The first kappa shape index (κ1) is 24.6. The van der Waals surface area contributed by atoms with Gasteiger partial charge in [-0.15, -0.1) is 0 Å². The Morgan fingerprint density at radius 1 is 1.00 bits per heavy atom. The maximum Gasteiger partial charge on any atom is 0.250 e. The zero-order valence-corrected chi connectivity index (χ0v) is 23.1. The molecule has 2 aromatic carbocycles. The van der Waals surface area contributed by atoms with Crippen LogP contribution in [0.5, 0.6) is 0 Å². The molecule has 5 heterocycles. The van der Waals surface area contributed by atoms with Crippen LogP contribution >= 0.6 is 23.5 Å². The number of likely N-dealkylation sites (tertiary alicyclic amines) is 1. The predicted octanol–water partition coefficient (Wildman–Crippen LogP) is 4.63. The van der Waals surface area contributed by atoms with Gasteiger partial charge in [-0.2, -0.15) is 0 Å². The van der Waals surface area contributed by atoms with Gasteiger partial charge in [0.2, 0.25) is 5.56 Å². The first-order valence-corrected chi connectivity index (χ1v) is 14.9. The summed E-state index contributed by atoms with van der Waals surface area (Å²) >= 11 is 3.59. The molecule has 3 fully saturated rings. The van der Waals surface area contributed by atoms with Gasteiger partial charge in [0.05, 0.1) is 32.1 Å². The molecule has 0 bridgehead atoms. The topological polar surface area (TPSA) is 69.8 Å². The fourth-order valence-corrected chi connectivity index (χ4v) is 8.32. The second kappa shape index (κ2) is 9.95. The van der Waals surface area contributed by atoms with Crippen LogP contribution in [0, 0.1) is 5.41 Å². The Kier molecular flexibility index (Phi) is 6.44. The summed E-state index contributed by atoms with van der Waals surface area (Å²) in [6, 6.07) is 17.2. The van der Waals surface area contributed by atoms with Crippen molar-refractivity contribution in [2.45, 2.75) is 32.5 Å². The lowest BCUT2D eigenvalue weighted by molar-refractivity contribution is -0.188. The summed E-state index contributed by atoms with van der Waals surface area (Å²) in [4.78, 5) is 25.4. The van der Waals surface area contributed by atoms with E-state index in [-0.39, 0.29) is 5.56 Å². The van der Waals surface area contributed by atoms with Crippen LogP contribution in [-0.4, -0.2) is 75.1 Å². The third-order valence-electron chi connectivity index (χ3n) is 7.73. The highest BCUT2D eigenvalue weighted by Crippen LogP contribution is 2.52. The molecule has 0 radical (unpaired) electrons. The third kappa shape index (κ3) is 4.75. The van der Waals surface area contributed by atoms with Gasteiger partial charge in [-0.1, -0.05) is 35.7 Å². The van der Waals surface area contributed by atoms with Crippen LogP contribution in [0.3, 0.4) is 0 Å². The van der Waals surface area contributed by atoms with Crippen LogP contribution in [0.2, 0.25) is 0 Å². The molecule has 7 nitrogen and oxygen atoms in total. The van der Waals surface area contributed by atoms with Gasteiger partial charge in [0.1, 0.15) is 0 Å². The van der Waals surface area contributed by atoms with E-state index in [0.717, 1.165) is 68.6 Å². The third-order valence-corrected chi connectivity index (χ3v) is 10.3. The molecule has 0 saturated carbocycles. The van der Waals surface area contributed by atoms with Crippen LogP contribution in [0.25, 0.3) is 11.3 Å². The number of nitrogens with zero attached hydrogens (tertiary/aromatic N) is 2. The van der Waals surface area contributed by atoms with E-state index in [2.05, 4.69) is 69.5 Å². The van der Waals surface area contributed by atoms with Gasteiger partial charge < -0.3 is 24.7 Å². The van der Waals surface area contributed by atoms with Crippen LogP contribution in [0.4, 0.5) is 11.4 Å². The zero-order chi connectivity index (χ0) is 25.7. The summed E-state index contributed by atoms with van der Waals surface area (Å²) in [6.07, 6.45) is 0. The standard InChI is InChI=1S/C29H32N4O3S2/c1-19(14-32-15-29(16-32)17-36-18-29)30-20-5-6-24-26(11-20)37-25-4-2-3-22(28(25)38-24)23-12-21(13-27(34)31-23)33-7-9-35-10-8-33/h2-6,11-13,19,30H,7-10,14-18H2,1H3,(H,31,34). The summed E-state index contributed by atoms with van der Waals surface area (Å²) in [5.74, 6) is 0. The molecule has 4 aliphatic heterocycles. The Labute approximate surface area is 231 Å². The van der Waals surface area contributed by atoms with Gasteiger partial charge in [0.15, 0.2) is 0 Å². The molecule has 1 spiro atoms. The highest BCUT2D eigenvalue weighted by molar-refractivity contribution is 8.05. The fourth-order valence-electron chi connectivity index (χ4n) is 5.90. The van der Waals surface area contributed by atoms with E-state index in [1.54, 1.807) is 29.6 Å². The number of H-pyrrole nitrogens is 1. The van der Waals surface area contributed by atoms with Gasteiger partial charge in [-0.25, -0.2) is 0 Å². The number of nitrogens with one attached hydrogen (secondary N) is 2. The average Bonchev–Trinajstić information content (AvgIpc) is 2.88. The minimum atomic E-state index is -0.0743. The molecule has 2 N–H and O–H groups in total. The number of hydrogen-bond donors (Lipinski definition) is 2. The Balaban J connectivity index is 1.08. The smallest absolute Gasteiger partial charge is 0.250 e. The van der Waals surface area contributed by atoms with Crippen molar-refractivity contribution in [3.8, 4) is 11.3 Å². The minimum absolute atomic E-state index is 0.0743. The summed E-state index contributed by atoms with van der Waals surface area (Å²) in [5, 5.41) is 3.71. The van der Waals surface area contributed by atoms with Crippen molar-refractivity contribution in [3.05, 3.63) is 58.9 Å². The van der Waals surface area contributed by atoms with Gasteiger partial charge in [-0.05, 0) is 37.3 Å². The number of benzene rings is 2. The first-order valence-electron chi connectivity index (χ1n) is 13.3. The van der Waals surface area contributed by atoms with E-state index in [9.17, 15) is 4.79 Å². The molecule has 3 aromatic rings. The molecular weight excluding hydrogens is 516 g/mol. The minimum Gasteiger partial charge on any atom is -0.381 e. The molecular formula is C29H32N4O3S2. The van der Waals surface area contributed by atoms with Crippen molar-refractivity contribution >= 4 is 34.9 Å². The molecule has 0 aliphatic carbocycles. The Morgan fingerprint density at radius 2 is 1.84 bits per heavy atom. The highest BCUT2D eigenvalue weighted by atomic mass is 32.2. The molecule has 198 valence electrons. The lowest BCUT2D eigenvalue weighted by atomic mass is 9.78. The van der Waals surface area contributed by atoms with Crippen LogP contribution in [-0.2, 0) is 9.47 Å². The number of hydrogen-bond acceptors (Lipinski definition) is 8. The van der Waals surface area contributed by atoms with Crippen molar-refractivity contribution in [3.63, 3.8) is 0 Å². The second-order valence-electron chi connectivity index (χ2n) is 10.9. The second-order valence-corrected chi connectivity index (χ2v) is 13.1. The Hall–Kier alpha value is -2.43. The van der Waals surface area contributed by atoms with Gasteiger partial charge >= 0.3 is 0 Å². The summed E-state index contributed by atoms with van der Waals surface area (Å²) < 4.78 is 10.9. The number of pyridine rings is 1. The number of rotatable bonds is 6. The van der Waals surface area contributed by atoms with E-state index in [0.29, 0.717) is 24.7 Å². The monoisotopic (exact) mass is 548 g/mol. The SMILES string of the molecule is CC(CN1CC2(COC2)C1)Nc1ccc2c(c1)Sc1cccc(-c3cc(N4CCOCC4)cc(=O)[nH]3)c1S2. The molecule has 1 unspecified atom stereocenters. The van der Waals surface area contributed by atoms with E-state index in [1.165, 1.54) is 19.6 Å². The number of anilines is 2. The lowest BCUT2D eigenvalue weighted by Gasteiger charge is -2.55. The first-order chi connectivity index (χ1) is 18.5. The number of fused-ring (bicyclic) bond motifs is 2. The summed E-state index contributed by atoms with van der Waals surface area (Å²) in [7, 11) is 0. The zero-order valence-electron chi connectivity index (χ0n) is 21.5. The molecule has 1 aromatic heterocycles. The van der Waals surface area contributed by atoms with E-state index in [4.69, 9.17) is 9.47 Å². The molecule has 1 atom stereocenters. The average molecular weight is 549 g/mol. The van der Waals surface area contributed by atoms with Gasteiger partial charge in [-0.3, -0.25) is 9.69 Å². The molecule has 4 aliphatic rings. The maximum atomic E-state index is 12.6. The van der Waals surface area contributed by atoms with Crippen molar-refractivity contribution in [2.24, 2.45) is 5.41 Å². The largest absolute Gasteiger partial charge is 0.381 e. The van der Waals surface area contributed by atoms with Crippen LogP contribution in [0.1, 0.15) is 6.92 Å². The van der Waals surface area contributed by atoms with Crippen molar-refractivity contribution < 1.29 is 9.47 Å². The van der Waals surface area contributed by atoms with Crippen LogP contribution in [0.15, 0.2) is 72.9 Å².